The zero-order chi connectivity index (χ0) is 14.5. The zero-order valence-electron chi connectivity index (χ0n) is 10.4. The summed E-state index contributed by atoms with van der Waals surface area (Å²) in [6, 6.07) is 2.34. The Morgan fingerprint density at radius 3 is 2.50 bits per heavy atom. The molecular formula is C14H12F4O2. The van der Waals surface area contributed by atoms with Crippen LogP contribution in [0.1, 0.15) is 35.2 Å². The number of hydrogen-bond acceptors (Lipinski definition) is 2. The van der Waals surface area contributed by atoms with Crippen molar-refractivity contribution in [3.05, 3.63) is 35.1 Å². The second-order valence-corrected chi connectivity index (χ2v) is 5.27. The van der Waals surface area contributed by atoms with E-state index in [4.69, 9.17) is 4.74 Å². The Morgan fingerprint density at radius 2 is 2.00 bits per heavy atom. The molecule has 0 spiro atoms. The van der Waals surface area contributed by atoms with E-state index in [9.17, 15) is 22.4 Å². The first-order valence-corrected chi connectivity index (χ1v) is 6.42. The number of rotatable bonds is 2. The molecule has 2 aliphatic heterocycles. The molecule has 0 aromatic heterocycles. The zero-order valence-corrected chi connectivity index (χ0v) is 10.4. The number of ether oxygens (including phenoxy) is 1. The SMILES string of the molecule is O=C(c1ccc(C(F)(F)F)c(F)c1)C1CC2CCC1O2. The van der Waals surface area contributed by atoms with Crippen molar-refractivity contribution in [2.24, 2.45) is 5.92 Å². The van der Waals surface area contributed by atoms with Gasteiger partial charge in [0, 0.05) is 5.56 Å². The number of fused-ring (bicyclic) bond motifs is 2. The monoisotopic (exact) mass is 288 g/mol. The molecule has 6 heteroatoms. The van der Waals surface area contributed by atoms with Gasteiger partial charge >= 0.3 is 6.18 Å². The molecule has 0 saturated carbocycles. The van der Waals surface area contributed by atoms with Crippen molar-refractivity contribution in [3.63, 3.8) is 0 Å². The minimum Gasteiger partial charge on any atom is -0.374 e. The average Bonchev–Trinajstić information content (AvgIpc) is 2.98. The van der Waals surface area contributed by atoms with Crippen molar-refractivity contribution < 1.29 is 27.1 Å². The molecule has 108 valence electrons. The highest BCUT2D eigenvalue weighted by Crippen LogP contribution is 2.40. The highest BCUT2D eigenvalue weighted by Gasteiger charge is 2.44. The Hall–Kier alpha value is -1.43. The molecule has 0 amide bonds. The summed E-state index contributed by atoms with van der Waals surface area (Å²) < 4.78 is 56.4. The van der Waals surface area contributed by atoms with Gasteiger partial charge in [-0.2, -0.15) is 13.2 Å². The van der Waals surface area contributed by atoms with E-state index in [0.717, 1.165) is 18.9 Å². The minimum atomic E-state index is -4.75. The summed E-state index contributed by atoms with van der Waals surface area (Å²) >= 11 is 0. The lowest BCUT2D eigenvalue weighted by Crippen LogP contribution is -2.25. The molecule has 1 aromatic rings. The van der Waals surface area contributed by atoms with E-state index in [1.165, 1.54) is 0 Å². The van der Waals surface area contributed by atoms with Crippen LogP contribution in [0.2, 0.25) is 0 Å². The summed E-state index contributed by atoms with van der Waals surface area (Å²) in [6.07, 6.45) is -2.58. The molecule has 3 rings (SSSR count). The number of halogens is 4. The summed E-state index contributed by atoms with van der Waals surface area (Å²) in [7, 11) is 0. The largest absolute Gasteiger partial charge is 0.419 e. The standard InChI is InChI=1S/C14H12F4O2/c15-11-5-7(1-3-10(11)14(16,17)18)13(19)9-6-8-2-4-12(9)20-8/h1,3,5,8-9,12H,2,4,6H2. The molecule has 0 aliphatic carbocycles. The number of ketones is 1. The van der Waals surface area contributed by atoms with E-state index in [-0.39, 0.29) is 29.5 Å². The first kappa shape index (κ1) is 13.5. The van der Waals surface area contributed by atoms with E-state index in [1.54, 1.807) is 0 Å². The van der Waals surface area contributed by atoms with Gasteiger partial charge in [-0.15, -0.1) is 0 Å². The molecule has 3 unspecified atom stereocenters. The quantitative estimate of drug-likeness (QED) is 0.614. The Labute approximate surface area is 112 Å². The summed E-state index contributed by atoms with van der Waals surface area (Å²) in [5, 5.41) is 0. The maximum atomic E-state index is 13.5. The number of benzene rings is 1. The van der Waals surface area contributed by atoms with Gasteiger partial charge in [0.2, 0.25) is 0 Å². The maximum absolute atomic E-state index is 13.5. The fourth-order valence-corrected chi connectivity index (χ4v) is 3.03. The van der Waals surface area contributed by atoms with Gasteiger partial charge in [-0.3, -0.25) is 4.79 Å². The molecule has 2 heterocycles. The van der Waals surface area contributed by atoms with Crippen LogP contribution in [0, 0.1) is 11.7 Å². The van der Waals surface area contributed by atoms with Gasteiger partial charge < -0.3 is 4.74 Å². The van der Waals surface area contributed by atoms with Crippen LogP contribution in [0.25, 0.3) is 0 Å². The van der Waals surface area contributed by atoms with Gasteiger partial charge in [0.1, 0.15) is 5.82 Å². The number of carbonyl (C=O) groups is 1. The van der Waals surface area contributed by atoms with Gasteiger partial charge in [0.25, 0.3) is 0 Å². The topological polar surface area (TPSA) is 26.3 Å². The molecule has 3 atom stereocenters. The highest BCUT2D eigenvalue weighted by atomic mass is 19.4. The molecule has 2 fully saturated rings. The van der Waals surface area contributed by atoms with Crippen molar-refractivity contribution in [2.45, 2.75) is 37.6 Å². The average molecular weight is 288 g/mol. The van der Waals surface area contributed by atoms with Crippen molar-refractivity contribution >= 4 is 5.78 Å². The van der Waals surface area contributed by atoms with Crippen molar-refractivity contribution in [1.29, 1.82) is 0 Å². The summed E-state index contributed by atoms with van der Waals surface area (Å²) in [4.78, 5) is 12.2. The summed E-state index contributed by atoms with van der Waals surface area (Å²) in [5.74, 6) is -2.10. The first-order valence-electron chi connectivity index (χ1n) is 6.42. The highest BCUT2D eigenvalue weighted by molar-refractivity contribution is 5.98. The lowest BCUT2D eigenvalue weighted by molar-refractivity contribution is -0.140. The van der Waals surface area contributed by atoms with Crippen LogP contribution in [-0.2, 0) is 10.9 Å². The maximum Gasteiger partial charge on any atom is 0.419 e. The molecule has 2 aliphatic rings. The van der Waals surface area contributed by atoms with Gasteiger partial charge in [0.05, 0.1) is 23.7 Å². The Balaban J connectivity index is 1.84. The van der Waals surface area contributed by atoms with Crippen LogP contribution in [0.15, 0.2) is 18.2 Å². The Bertz CT molecular complexity index is 553. The fourth-order valence-electron chi connectivity index (χ4n) is 3.03. The van der Waals surface area contributed by atoms with Gasteiger partial charge in [0.15, 0.2) is 5.78 Å². The van der Waals surface area contributed by atoms with Crippen molar-refractivity contribution in [3.8, 4) is 0 Å². The Morgan fingerprint density at radius 1 is 1.25 bits per heavy atom. The van der Waals surface area contributed by atoms with Crippen LogP contribution in [0.3, 0.4) is 0 Å². The van der Waals surface area contributed by atoms with E-state index < -0.39 is 17.6 Å². The predicted molar refractivity (Wildman–Crippen MR) is 61.7 cm³/mol. The number of alkyl halides is 3. The Kier molecular flexibility index (Phi) is 3.08. The number of hydrogen-bond donors (Lipinski definition) is 0. The van der Waals surface area contributed by atoms with Crippen LogP contribution in [0.5, 0.6) is 0 Å². The molecule has 0 radical (unpaired) electrons. The molecule has 0 N–H and O–H groups in total. The van der Waals surface area contributed by atoms with Crippen molar-refractivity contribution in [2.75, 3.05) is 0 Å². The third-order valence-corrected chi connectivity index (χ3v) is 4.00. The molecule has 20 heavy (non-hydrogen) atoms. The van der Waals surface area contributed by atoms with E-state index in [0.29, 0.717) is 18.6 Å². The molecule has 2 saturated heterocycles. The normalized spacial score (nSPS) is 28.9. The van der Waals surface area contributed by atoms with E-state index >= 15 is 0 Å². The fraction of sp³-hybridized carbons (Fsp3) is 0.500. The van der Waals surface area contributed by atoms with Gasteiger partial charge in [-0.25, -0.2) is 4.39 Å². The molecule has 2 nitrogen and oxygen atoms in total. The second-order valence-electron chi connectivity index (χ2n) is 5.27. The second kappa shape index (κ2) is 4.55. The first-order chi connectivity index (χ1) is 9.36. The molecule has 1 aromatic carbocycles. The van der Waals surface area contributed by atoms with Crippen LogP contribution < -0.4 is 0 Å². The summed E-state index contributed by atoms with van der Waals surface area (Å²) in [5.41, 5.74) is -1.37. The van der Waals surface area contributed by atoms with E-state index in [2.05, 4.69) is 0 Å². The third kappa shape index (κ3) is 2.22. The number of Topliss-reactive ketones (excluding diaryl/α,β-unsaturated/α-hetero) is 1. The molecular weight excluding hydrogens is 276 g/mol. The van der Waals surface area contributed by atoms with Gasteiger partial charge in [-0.1, -0.05) is 6.07 Å². The van der Waals surface area contributed by atoms with E-state index in [1.807, 2.05) is 0 Å². The predicted octanol–water partition coefficient (Wildman–Crippen LogP) is 3.59. The summed E-state index contributed by atoms with van der Waals surface area (Å²) in [6.45, 7) is 0. The molecule has 2 bridgehead atoms. The third-order valence-electron chi connectivity index (χ3n) is 4.00. The van der Waals surface area contributed by atoms with Crippen molar-refractivity contribution in [1.82, 2.24) is 0 Å². The van der Waals surface area contributed by atoms with Crippen LogP contribution in [0.4, 0.5) is 17.6 Å². The lowest BCUT2D eigenvalue weighted by Gasteiger charge is -2.17. The van der Waals surface area contributed by atoms with Gasteiger partial charge in [-0.05, 0) is 31.4 Å². The van der Waals surface area contributed by atoms with Crippen LogP contribution >= 0.6 is 0 Å². The minimum absolute atomic E-state index is 0.0170. The van der Waals surface area contributed by atoms with Crippen LogP contribution in [-0.4, -0.2) is 18.0 Å². The number of carbonyl (C=O) groups excluding carboxylic acids is 1. The lowest BCUT2D eigenvalue weighted by atomic mass is 9.83. The smallest absolute Gasteiger partial charge is 0.374 e.